The van der Waals surface area contributed by atoms with E-state index in [1.54, 1.807) is 12.1 Å². The first-order valence-electron chi connectivity index (χ1n) is 5.83. The maximum atomic E-state index is 13.6. The molecule has 0 bridgehead atoms. The van der Waals surface area contributed by atoms with E-state index in [0.29, 0.717) is 6.61 Å². The Morgan fingerprint density at radius 2 is 2.06 bits per heavy atom. The van der Waals surface area contributed by atoms with Gasteiger partial charge in [-0.3, -0.25) is 0 Å². The fourth-order valence-corrected chi connectivity index (χ4v) is 2.01. The van der Waals surface area contributed by atoms with Gasteiger partial charge in [0, 0.05) is 14.7 Å². The molecule has 18 heavy (non-hydrogen) atoms. The van der Waals surface area contributed by atoms with Gasteiger partial charge < -0.3 is 9.47 Å². The molecule has 0 aliphatic carbocycles. The summed E-state index contributed by atoms with van der Waals surface area (Å²) >= 11 is 0. The molecule has 1 aromatic carbocycles. The molecule has 0 atom stereocenters. The van der Waals surface area contributed by atoms with E-state index in [1.807, 2.05) is 0 Å². The van der Waals surface area contributed by atoms with Crippen LogP contribution < -0.4 is 4.74 Å². The van der Waals surface area contributed by atoms with Crippen molar-refractivity contribution in [2.75, 3.05) is 13.4 Å². The van der Waals surface area contributed by atoms with Gasteiger partial charge in [-0.15, -0.1) is 0 Å². The van der Waals surface area contributed by atoms with Gasteiger partial charge in [0.2, 0.25) is 0 Å². The summed E-state index contributed by atoms with van der Waals surface area (Å²) in [5, 5.41) is 8.67. The highest BCUT2D eigenvalue weighted by Crippen LogP contribution is 2.19. The van der Waals surface area contributed by atoms with E-state index < -0.39 is 13.9 Å². The Labute approximate surface area is 108 Å². The molecule has 0 spiro atoms. The summed E-state index contributed by atoms with van der Waals surface area (Å²) in [5.74, 6) is -0.573. The first-order chi connectivity index (χ1) is 8.44. The van der Waals surface area contributed by atoms with Crippen molar-refractivity contribution in [2.45, 2.75) is 25.7 Å². The minimum Gasteiger partial charge on any atom is -0.464 e. The molecular weight excluding hydrogens is 249 g/mol. The lowest BCUT2D eigenvalue weighted by Gasteiger charge is -2.15. The number of nitrogens with zero attached hydrogens (tertiary/aromatic N) is 1. The maximum Gasteiger partial charge on any atom is 0.189 e. The Hall–Kier alpha value is -1.38. The number of benzene rings is 1. The first kappa shape index (κ1) is 14.7. The van der Waals surface area contributed by atoms with Crippen molar-refractivity contribution in [3.63, 3.8) is 0 Å². The van der Waals surface area contributed by atoms with Gasteiger partial charge in [-0.1, -0.05) is 25.7 Å². The van der Waals surface area contributed by atoms with E-state index in [0.717, 1.165) is 6.04 Å². The second-order valence-electron chi connectivity index (χ2n) is 5.21. The van der Waals surface area contributed by atoms with Crippen LogP contribution in [0.3, 0.4) is 0 Å². The SMILES string of the molecule is C[Si](C)(C)CCOCOc1cccc(C#N)c1F. The highest BCUT2D eigenvalue weighted by atomic mass is 28.3. The van der Waals surface area contributed by atoms with Gasteiger partial charge in [0.15, 0.2) is 18.4 Å². The number of rotatable bonds is 6. The minimum atomic E-state index is -1.11. The monoisotopic (exact) mass is 267 g/mol. The molecule has 0 amide bonds. The summed E-state index contributed by atoms with van der Waals surface area (Å²) in [7, 11) is -1.11. The molecule has 0 unspecified atom stereocenters. The number of hydrogen-bond acceptors (Lipinski definition) is 3. The highest BCUT2D eigenvalue weighted by Gasteiger charge is 2.12. The summed E-state index contributed by atoms with van der Waals surface area (Å²) in [6, 6.07) is 7.28. The van der Waals surface area contributed by atoms with Crippen LogP contribution in [0.2, 0.25) is 25.7 Å². The lowest BCUT2D eigenvalue weighted by atomic mass is 10.2. The third kappa shape index (κ3) is 4.86. The number of hydrogen-bond donors (Lipinski definition) is 0. The second kappa shape index (κ2) is 6.52. The number of halogens is 1. The summed E-state index contributed by atoms with van der Waals surface area (Å²) in [6.07, 6.45) is 0. The molecule has 0 saturated carbocycles. The van der Waals surface area contributed by atoms with Crippen LogP contribution >= 0.6 is 0 Å². The summed E-state index contributed by atoms with van der Waals surface area (Å²) in [6.45, 7) is 7.40. The quantitative estimate of drug-likeness (QED) is 0.451. The van der Waals surface area contributed by atoms with Gasteiger partial charge in [-0.05, 0) is 18.2 Å². The van der Waals surface area contributed by atoms with Gasteiger partial charge >= 0.3 is 0 Å². The molecule has 0 fully saturated rings. The summed E-state index contributed by atoms with van der Waals surface area (Å²) < 4.78 is 24.0. The fourth-order valence-electron chi connectivity index (χ4n) is 1.25. The van der Waals surface area contributed by atoms with Gasteiger partial charge in [-0.2, -0.15) is 5.26 Å². The van der Waals surface area contributed by atoms with E-state index in [4.69, 9.17) is 14.7 Å². The van der Waals surface area contributed by atoms with Gasteiger partial charge in [0.1, 0.15) is 6.07 Å². The van der Waals surface area contributed by atoms with Crippen molar-refractivity contribution in [3.05, 3.63) is 29.6 Å². The average Bonchev–Trinajstić information content (AvgIpc) is 2.29. The molecule has 3 nitrogen and oxygen atoms in total. The molecule has 0 aromatic heterocycles. The smallest absolute Gasteiger partial charge is 0.189 e. The van der Waals surface area contributed by atoms with Gasteiger partial charge in [-0.25, -0.2) is 4.39 Å². The zero-order chi connectivity index (χ0) is 13.6. The second-order valence-corrected chi connectivity index (χ2v) is 10.8. The van der Waals surface area contributed by atoms with E-state index in [1.165, 1.54) is 12.1 Å². The van der Waals surface area contributed by atoms with Crippen LogP contribution in [0.4, 0.5) is 4.39 Å². The lowest BCUT2D eigenvalue weighted by Crippen LogP contribution is -2.22. The molecule has 0 N–H and O–H groups in total. The number of nitriles is 1. The third-order valence-corrected chi connectivity index (χ3v) is 4.08. The molecule has 0 aliphatic rings. The Morgan fingerprint density at radius 1 is 1.33 bits per heavy atom. The summed E-state index contributed by atoms with van der Waals surface area (Å²) in [5.41, 5.74) is -0.0189. The molecule has 0 saturated heterocycles. The van der Waals surface area contributed by atoms with Crippen molar-refractivity contribution in [3.8, 4) is 11.8 Å². The summed E-state index contributed by atoms with van der Waals surface area (Å²) in [4.78, 5) is 0. The molecular formula is C13H18FNO2Si. The molecule has 98 valence electrons. The average molecular weight is 267 g/mol. The van der Waals surface area contributed by atoms with Gasteiger partial charge in [0.25, 0.3) is 0 Å². The predicted octanol–water partition coefficient (Wildman–Crippen LogP) is 3.39. The van der Waals surface area contributed by atoms with Crippen LogP contribution in [0.5, 0.6) is 5.75 Å². The van der Waals surface area contributed by atoms with Crippen molar-refractivity contribution in [1.29, 1.82) is 5.26 Å². The molecule has 1 rings (SSSR count). The van der Waals surface area contributed by atoms with Crippen molar-refractivity contribution >= 4 is 8.07 Å². The van der Waals surface area contributed by atoms with Crippen LogP contribution in [0.1, 0.15) is 5.56 Å². The zero-order valence-corrected chi connectivity index (χ0v) is 12.0. The fraction of sp³-hybridized carbons (Fsp3) is 0.462. The minimum absolute atomic E-state index is 0.0102. The molecule has 5 heteroatoms. The molecule has 0 aliphatic heterocycles. The molecule has 0 radical (unpaired) electrons. The Bertz CT molecular complexity index is 438. The van der Waals surface area contributed by atoms with E-state index >= 15 is 0 Å². The van der Waals surface area contributed by atoms with Crippen molar-refractivity contribution < 1.29 is 13.9 Å². The maximum absolute atomic E-state index is 13.6. The van der Waals surface area contributed by atoms with Crippen LogP contribution in [0.25, 0.3) is 0 Å². The van der Waals surface area contributed by atoms with E-state index in [-0.39, 0.29) is 18.1 Å². The highest BCUT2D eigenvalue weighted by molar-refractivity contribution is 6.76. The Balaban J connectivity index is 2.39. The number of ether oxygens (including phenoxy) is 2. The Kier molecular flexibility index (Phi) is 5.32. The molecule has 0 heterocycles. The van der Waals surface area contributed by atoms with Crippen LogP contribution in [-0.2, 0) is 4.74 Å². The van der Waals surface area contributed by atoms with Crippen LogP contribution in [-0.4, -0.2) is 21.5 Å². The predicted molar refractivity (Wildman–Crippen MR) is 70.7 cm³/mol. The van der Waals surface area contributed by atoms with Crippen molar-refractivity contribution in [2.24, 2.45) is 0 Å². The largest absolute Gasteiger partial charge is 0.464 e. The molecule has 1 aromatic rings. The van der Waals surface area contributed by atoms with E-state index in [2.05, 4.69) is 19.6 Å². The van der Waals surface area contributed by atoms with Crippen LogP contribution in [0.15, 0.2) is 18.2 Å². The van der Waals surface area contributed by atoms with Gasteiger partial charge in [0.05, 0.1) is 5.56 Å². The first-order valence-corrected chi connectivity index (χ1v) is 9.54. The zero-order valence-electron chi connectivity index (χ0n) is 11.0. The normalized spacial score (nSPS) is 11.1. The third-order valence-electron chi connectivity index (χ3n) is 2.38. The van der Waals surface area contributed by atoms with Crippen LogP contribution in [0, 0.1) is 17.1 Å². The standard InChI is InChI=1S/C13H18FNO2Si/c1-18(2,3)8-7-16-10-17-12-6-4-5-11(9-15)13(12)14/h4-6H,7-8,10H2,1-3H3. The Morgan fingerprint density at radius 3 is 2.67 bits per heavy atom. The topological polar surface area (TPSA) is 42.2 Å². The van der Waals surface area contributed by atoms with Crippen molar-refractivity contribution in [1.82, 2.24) is 0 Å². The lowest BCUT2D eigenvalue weighted by molar-refractivity contribution is 0.0197. The van der Waals surface area contributed by atoms with E-state index in [9.17, 15) is 4.39 Å².